The summed E-state index contributed by atoms with van der Waals surface area (Å²) in [4.78, 5) is 15.0. The molecule has 0 saturated carbocycles. The molecule has 0 amide bonds. The quantitative estimate of drug-likeness (QED) is 0.903. The molecule has 2 unspecified atom stereocenters. The van der Waals surface area contributed by atoms with Crippen LogP contribution >= 0.6 is 15.9 Å². The number of imidazole rings is 1. The van der Waals surface area contributed by atoms with Gasteiger partial charge in [0.25, 0.3) is 0 Å². The predicted octanol–water partition coefficient (Wildman–Crippen LogP) is 2.37. The second-order valence-corrected chi connectivity index (χ2v) is 5.77. The summed E-state index contributed by atoms with van der Waals surface area (Å²) >= 11 is 3.57. The lowest BCUT2D eigenvalue weighted by Crippen LogP contribution is -2.17. The fourth-order valence-corrected chi connectivity index (χ4v) is 3.13. The molecule has 1 aromatic carbocycles. The molecule has 1 aromatic heterocycles. The Morgan fingerprint density at radius 2 is 2.35 bits per heavy atom. The zero-order chi connectivity index (χ0) is 14.1. The molecular weight excluding hydrogens is 322 g/mol. The Morgan fingerprint density at radius 3 is 2.95 bits per heavy atom. The molecule has 20 heavy (non-hydrogen) atoms. The molecule has 5 nitrogen and oxygen atoms in total. The van der Waals surface area contributed by atoms with E-state index in [9.17, 15) is 4.79 Å². The van der Waals surface area contributed by atoms with Gasteiger partial charge in [0, 0.05) is 29.5 Å². The molecule has 0 spiro atoms. The van der Waals surface area contributed by atoms with Crippen molar-refractivity contribution in [3.8, 4) is 5.69 Å². The van der Waals surface area contributed by atoms with Gasteiger partial charge in [-0.15, -0.1) is 0 Å². The van der Waals surface area contributed by atoms with Gasteiger partial charge >= 0.3 is 5.97 Å². The Balaban J connectivity index is 1.83. The number of aromatic nitrogens is 2. The third-order valence-corrected chi connectivity index (χ3v) is 4.27. The minimum atomic E-state index is -0.728. The molecule has 104 valence electrons. The van der Waals surface area contributed by atoms with Gasteiger partial charge in [-0.2, -0.15) is 0 Å². The number of carboxylic acid groups (broad SMARTS) is 1. The number of carboxylic acids is 1. The first-order valence-corrected chi connectivity index (χ1v) is 7.18. The number of aliphatic carboxylic acids is 1. The maximum absolute atomic E-state index is 11.0. The zero-order valence-corrected chi connectivity index (χ0v) is 12.2. The van der Waals surface area contributed by atoms with Gasteiger partial charge in [0.1, 0.15) is 0 Å². The smallest absolute Gasteiger partial charge is 0.307 e. The van der Waals surface area contributed by atoms with E-state index >= 15 is 0 Å². The van der Waals surface area contributed by atoms with Crippen molar-refractivity contribution in [3.05, 3.63) is 47.0 Å². The van der Waals surface area contributed by atoms with Crippen LogP contribution in [-0.4, -0.2) is 27.2 Å². The fourth-order valence-electron chi connectivity index (χ4n) is 2.53. The van der Waals surface area contributed by atoms with Crippen LogP contribution in [0.15, 0.2) is 41.4 Å². The van der Waals surface area contributed by atoms with E-state index in [-0.39, 0.29) is 12.0 Å². The number of nitrogens with one attached hydrogen (secondary N) is 1. The third-order valence-electron chi connectivity index (χ3n) is 3.64. The number of rotatable bonds is 3. The molecular formula is C14H14BrN3O2. The summed E-state index contributed by atoms with van der Waals surface area (Å²) in [5.74, 6) is -1.03. The van der Waals surface area contributed by atoms with E-state index in [0.29, 0.717) is 13.0 Å². The zero-order valence-electron chi connectivity index (χ0n) is 10.7. The molecule has 2 aromatic rings. The van der Waals surface area contributed by atoms with Gasteiger partial charge in [-0.05, 0) is 40.0 Å². The van der Waals surface area contributed by atoms with Gasteiger partial charge in [-0.25, -0.2) is 4.98 Å². The Kier molecular flexibility index (Phi) is 3.58. The van der Waals surface area contributed by atoms with Crippen LogP contribution < -0.4 is 5.32 Å². The highest BCUT2D eigenvalue weighted by atomic mass is 79.9. The van der Waals surface area contributed by atoms with Crippen LogP contribution in [0.2, 0.25) is 0 Å². The van der Waals surface area contributed by atoms with Crippen LogP contribution in [0.25, 0.3) is 5.69 Å². The summed E-state index contributed by atoms with van der Waals surface area (Å²) in [5, 5.41) is 12.3. The first kappa shape index (κ1) is 13.3. The van der Waals surface area contributed by atoms with Gasteiger partial charge in [0.05, 0.1) is 17.9 Å². The molecule has 3 rings (SSSR count). The van der Waals surface area contributed by atoms with Crippen LogP contribution in [0.4, 0.5) is 0 Å². The van der Waals surface area contributed by atoms with Crippen LogP contribution in [0.5, 0.6) is 0 Å². The van der Waals surface area contributed by atoms with Crippen molar-refractivity contribution < 1.29 is 9.90 Å². The summed E-state index contributed by atoms with van der Waals surface area (Å²) in [6.07, 6.45) is 5.99. The van der Waals surface area contributed by atoms with E-state index < -0.39 is 5.97 Å². The van der Waals surface area contributed by atoms with Crippen LogP contribution in [0.1, 0.15) is 18.0 Å². The largest absolute Gasteiger partial charge is 0.481 e. The number of carbonyl (C=O) groups is 1. The molecule has 1 saturated heterocycles. The monoisotopic (exact) mass is 335 g/mol. The Labute approximate surface area is 124 Å². The van der Waals surface area contributed by atoms with Gasteiger partial charge in [-0.1, -0.05) is 6.07 Å². The minimum Gasteiger partial charge on any atom is -0.481 e. The molecule has 1 fully saturated rings. The normalized spacial score (nSPS) is 22.1. The van der Waals surface area contributed by atoms with Gasteiger partial charge in [0.15, 0.2) is 0 Å². The van der Waals surface area contributed by atoms with Crippen molar-refractivity contribution >= 4 is 21.9 Å². The molecule has 0 radical (unpaired) electrons. The summed E-state index contributed by atoms with van der Waals surface area (Å²) in [7, 11) is 0. The van der Waals surface area contributed by atoms with E-state index in [1.54, 1.807) is 12.5 Å². The van der Waals surface area contributed by atoms with Crippen molar-refractivity contribution in [3.63, 3.8) is 0 Å². The molecule has 0 aliphatic carbocycles. The lowest BCUT2D eigenvalue weighted by Gasteiger charge is -2.13. The highest BCUT2D eigenvalue weighted by Crippen LogP contribution is 2.31. The molecule has 2 atom stereocenters. The molecule has 2 heterocycles. The average Bonchev–Trinajstić information content (AvgIpc) is 3.10. The Bertz CT molecular complexity index is 627. The maximum Gasteiger partial charge on any atom is 0.307 e. The number of halogens is 1. The first-order valence-electron chi connectivity index (χ1n) is 6.39. The standard InChI is InChI=1S/C14H14BrN3O2/c15-11-5-9(12-6-10(7-17-12)14(19)20)1-2-13(11)18-4-3-16-8-18/h1-5,8,10,12,17H,6-7H2,(H,19,20). The second-order valence-electron chi connectivity index (χ2n) is 4.91. The highest BCUT2D eigenvalue weighted by Gasteiger charge is 2.30. The average molecular weight is 336 g/mol. The highest BCUT2D eigenvalue weighted by molar-refractivity contribution is 9.10. The fraction of sp³-hybridized carbons (Fsp3) is 0.286. The van der Waals surface area contributed by atoms with Crippen molar-refractivity contribution in [2.24, 2.45) is 5.92 Å². The van der Waals surface area contributed by atoms with Crippen LogP contribution in [-0.2, 0) is 4.79 Å². The third kappa shape index (κ3) is 2.48. The van der Waals surface area contributed by atoms with Crippen molar-refractivity contribution in [1.29, 1.82) is 0 Å². The van der Waals surface area contributed by atoms with E-state index in [1.165, 1.54) is 0 Å². The van der Waals surface area contributed by atoms with Gasteiger partial charge < -0.3 is 15.0 Å². The number of hydrogen-bond acceptors (Lipinski definition) is 3. The SMILES string of the molecule is O=C(O)C1CNC(c2ccc(-n3ccnc3)c(Br)c2)C1. The molecule has 2 N–H and O–H groups in total. The lowest BCUT2D eigenvalue weighted by molar-refractivity contribution is -0.141. The van der Waals surface area contributed by atoms with Crippen molar-refractivity contribution in [2.75, 3.05) is 6.54 Å². The summed E-state index contributed by atoms with van der Waals surface area (Å²) in [6.45, 7) is 0.529. The summed E-state index contributed by atoms with van der Waals surface area (Å²) in [5.41, 5.74) is 2.11. The molecule has 1 aliphatic heterocycles. The summed E-state index contributed by atoms with van der Waals surface area (Å²) < 4.78 is 2.89. The minimum absolute atomic E-state index is 0.101. The van der Waals surface area contributed by atoms with Crippen molar-refractivity contribution in [2.45, 2.75) is 12.5 Å². The molecule has 1 aliphatic rings. The van der Waals surface area contributed by atoms with E-state index in [2.05, 4.69) is 26.2 Å². The van der Waals surface area contributed by atoms with E-state index in [0.717, 1.165) is 15.7 Å². The molecule has 6 heteroatoms. The lowest BCUT2D eigenvalue weighted by atomic mass is 10.00. The van der Waals surface area contributed by atoms with E-state index in [4.69, 9.17) is 5.11 Å². The molecule has 0 bridgehead atoms. The Morgan fingerprint density at radius 1 is 1.50 bits per heavy atom. The van der Waals surface area contributed by atoms with Crippen LogP contribution in [0, 0.1) is 5.92 Å². The van der Waals surface area contributed by atoms with Crippen molar-refractivity contribution in [1.82, 2.24) is 14.9 Å². The maximum atomic E-state index is 11.0. The van der Waals surface area contributed by atoms with Gasteiger partial charge in [-0.3, -0.25) is 4.79 Å². The topological polar surface area (TPSA) is 67.2 Å². The second kappa shape index (κ2) is 5.38. The summed E-state index contributed by atoms with van der Waals surface area (Å²) in [6, 6.07) is 6.18. The first-order chi connectivity index (χ1) is 9.65. The van der Waals surface area contributed by atoms with E-state index in [1.807, 2.05) is 29.0 Å². The number of benzene rings is 1. The van der Waals surface area contributed by atoms with Gasteiger partial charge in [0.2, 0.25) is 0 Å². The Hall–Kier alpha value is -1.66. The predicted molar refractivity (Wildman–Crippen MR) is 77.8 cm³/mol. The van der Waals surface area contributed by atoms with Crippen LogP contribution in [0.3, 0.4) is 0 Å². The number of hydrogen-bond donors (Lipinski definition) is 2. The number of nitrogens with zero attached hydrogens (tertiary/aromatic N) is 2.